The number of nitrogens with zero attached hydrogens (tertiary/aromatic N) is 1. The highest BCUT2D eigenvalue weighted by Gasteiger charge is 2.46. The summed E-state index contributed by atoms with van der Waals surface area (Å²) in [7, 11) is 0. The first kappa shape index (κ1) is 20.1. The molecule has 5 unspecified atom stereocenters. The van der Waals surface area contributed by atoms with Crippen LogP contribution in [-0.2, 0) is 9.59 Å². The largest absolute Gasteiger partial charge is 0.355 e. The van der Waals surface area contributed by atoms with Crippen LogP contribution in [0, 0.1) is 11.8 Å². The van der Waals surface area contributed by atoms with Crippen LogP contribution >= 0.6 is 0 Å². The molecule has 6 nitrogen and oxygen atoms in total. The number of alkyl halides is 1. The summed E-state index contributed by atoms with van der Waals surface area (Å²) in [6.45, 7) is 4.58. The summed E-state index contributed by atoms with van der Waals surface area (Å²) in [5, 5.41) is 9.64. The summed E-state index contributed by atoms with van der Waals surface area (Å²) >= 11 is 0. The first-order valence-corrected chi connectivity index (χ1v) is 11.2. The lowest BCUT2D eigenvalue weighted by Crippen LogP contribution is -2.51. The number of hydrogen-bond acceptors (Lipinski definition) is 4. The first-order valence-electron chi connectivity index (χ1n) is 11.2. The van der Waals surface area contributed by atoms with Crippen molar-refractivity contribution in [2.75, 3.05) is 19.6 Å². The molecule has 158 valence electrons. The minimum absolute atomic E-state index is 0.0132. The Morgan fingerprint density at radius 1 is 1.18 bits per heavy atom. The van der Waals surface area contributed by atoms with Gasteiger partial charge in [-0.2, -0.15) is 0 Å². The van der Waals surface area contributed by atoms with Gasteiger partial charge in [0.1, 0.15) is 6.17 Å². The fraction of sp³-hybridized carbons (Fsp3) is 0.905. The van der Waals surface area contributed by atoms with Gasteiger partial charge >= 0.3 is 0 Å². The maximum absolute atomic E-state index is 14.3. The average Bonchev–Trinajstić information content (AvgIpc) is 3.04. The maximum Gasteiger partial charge on any atom is 0.237 e. The van der Waals surface area contributed by atoms with Gasteiger partial charge in [-0.15, -0.1) is 0 Å². The summed E-state index contributed by atoms with van der Waals surface area (Å²) in [6, 6.07) is 0.497. The molecule has 7 atom stereocenters. The van der Waals surface area contributed by atoms with Crippen molar-refractivity contribution in [2.24, 2.45) is 11.8 Å². The van der Waals surface area contributed by atoms with Crippen LogP contribution in [0.1, 0.15) is 58.3 Å². The molecule has 7 heteroatoms. The normalized spacial score (nSPS) is 42.4. The van der Waals surface area contributed by atoms with E-state index < -0.39 is 6.17 Å². The third kappa shape index (κ3) is 4.35. The van der Waals surface area contributed by atoms with E-state index in [-0.39, 0.29) is 35.9 Å². The molecule has 0 radical (unpaired) electrons. The predicted molar refractivity (Wildman–Crippen MR) is 105 cm³/mol. The fourth-order valence-electron chi connectivity index (χ4n) is 5.88. The first-order chi connectivity index (χ1) is 13.5. The Morgan fingerprint density at radius 3 is 2.86 bits per heavy atom. The van der Waals surface area contributed by atoms with Crippen LogP contribution in [0.15, 0.2) is 0 Å². The molecule has 2 saturated carbocycles. The van der Waals surface area contributed by atoms with E-state index in [9.17, 15) is 14.0 Å². The number of amides is 2. The number of rotatable bonds is 3. The molecular formula is C21H35FN4O2. The number of fused-ring (bicyclic) bond motifs is 1. The van der Waals surface area contributed by atoms with Gasteiger partial charge in [-0.1, -0.05) is 6.92 Å². The van der Waals surface area contributed by atoms with Crippen LogP contribution in [0.4, 0.5) is 4.39 Å². The number of hydrogen-bond donors (Lipinski definition) is 3. The average molecular weight is 395 g/mol. The zero-order valence-corrected chi connectivity index (χ0v) is 17.0. The maximum atomic E-state index is 14.3. The van der Waals surface area contributed by atoms with E-state index in [1.807, 2.05) is 0 Å². The third-order valence-corrected chi connectivity index (χ3v) is 7.51. The molecular weight excluding hydrogens is 359 g/mol. The van der Waals surface area contributed by atoms with Crippen molar-refractivity contribution in [2.45, 2.75) is 88.6 Å². The molecule has 4 rings (SSSR count). The highest BCUT2D eigenvalue weighted by atomic mass is 19.1. The topological polar surface area (TPSA) is 73.5 Å². The zero-order chi connectivity index (χ0) is 19.7. The fourth-order valence-corrected chi connectivity index (χ4v) is 5.88. The van der Waals surface area contributed by atoms with E-state index in [0.717, 1.165) is 45.2 Å². The van der Waals surface area contributed by atoms with E-state index in [4.69, 9.17) is 0 Å². The number of halogens is 1. The Balaban J connectivity index is 1.30. The summed E-state index contributed by atoms with van der Waals surface area (Å²) in [5.74, 6) is 0.610. The number of carbonyl (C=O) groups excluding carboxylic acids is 2. The Kier molecular flexibility index (Phi) is 6.21. The molecule has 4 fully saturated rings. The van der Waals surface area contributed by atoms with Crippen LogP contribution in [0.2, 0.25) is 0 Å². The summed E-state index contributed by atoms with van der Waals surface area (Å²) in [6.07, 6.45) is 6.13. The van der Waals surface area contributed by atoms with Gasteiger partial charge in [0.05, 0.1) is 6.04 Å². The molecule has 2 amide bonds. The van der Waals surface area contributed by atoms with Gasteiger partial charge < -0.3 is 16.0 Å². The minimum Gasteiger partial charge on any atom is -0.355 e. The van der Waals surface area contributed by atoms with Gasteiger partial charge in [0.2, 0.25) is 11.8 Å². The van der Waals surface area contributed by atoms with Gasteiger partial charge in [-0.05, 0) is 50.9 Å². The summed E-state index contributed by atoms with van der Waals surface area (Å²) < 4.78 is 14.3. The molecule has 2 aliphatic heterocycles. The molecule has 0 aromatic carbocycles. The molecule has 0 spiro atoms. The van der Waals surface area contributed by atoms with Gasteiger partial charge in [-0.25, -0.2) is 4.39 Å². The Morgan fingerprint density at radius 2 is 2.04 bits per heavy atom. The molecule has 2 saturated heterocycles. The zero-order valence-electron chi connectivity index (χ0n) is 17.0. The van der Waals surface area contributed by atoms with Gasteiger partial charge in [0.25, 0.3) is 0 Å². The highest BCUT2D eigenvalue weighted by Crippen LogP contribution is 2.38. The SMILES string of the molecule is CC1CCC(F)C2CC(C(=O)N[C@@H]3CCC[C@@H](N4CCNC(=O)CC4)C3)NC12. The molecule has 2 heterocycles. The second-order valence-electron chi connectivity index (χ2n) is 9.38. The minimum atomic E-state index is -0.773. The summed E-state index contributed by atoms with van der Waals surface area (Å²) in [5.41, 5.74) is 0. The number of nitrogens with one attached hydrogen (secondary N) is 3. The standard InChI is InChI=1S/C21H35FN4O2/c1-13-5-6-17(22)16-12-18(25-20(13)16)21(28)24-14-3-2-4-15(11-14)26-9-7-19(27)23-8-10-26/h13-18,20,25H,2-12H2,1H3,(H,23,27)(H,24,28)/t13?,14-,15-,16?,17?,18?,20?/m1/s1. The lowest BCUT2D eigenvalue weighted by atomic mass is 9.77. The quantitative estimate of drug-likeness (QED) is 0.676. The van der Waals surface area contributed by atoms with E-state index in [0.29, 0.717) is 37.8 Å². The van der Waals surface area contributed by atoms with Crippen LogP contribution in [0.3, 0.4) is 0 Å². The van der Waals surface area contributed by atoms with E-state index in [1.165, 1.54) is 0 Å². The van der Waals surface area contributed by atoms with Crippen LogP contribution in [0.25, 0.3) is 0 Å². The van der Waals surface area contributed by atoms with Crippen molar-refractivity contribution < 1.29 is 14.0 Å². The Labute approximate surface area is 167 Å². The van der Waals surface area contributed by atoms with Crippen LogP contribution in [0.5, 0.6) is 0 Å². The third-order valence-electron chi connectivity index (χ3n) is 7.51. The van der Waals surface area contributed by atoms with Gasteiger partial charge in [-0.3, -0.25) is 14.5 Å². The number of carbonyl (C=O) groups is 2. The van der Waals surface area contributed by atoms with Crippen molar-refractivity contribution in [1.82, 2.24) is 20.9 Å². The molecule has 0 aromatic heterocycles. The summed E-state index contributed by atoms with van der Waals surface area (Å²) in [4.78, 5) is 26.9. The van der Waals surface area contributed by atoms with Gasteiger partial charge in [0.15, 0.2) is 0 Å². The van der Waals surface area contributed by atoms with Crippen molar-refractivity contribution in [3.8, 4) is 0 Å². The highest BCUT2D eigenvalue weighted by molar-refractivity contribution is 5.82. The van der Waals surface area contributed by atoms with Crippen molar-refractivity contribution in [1.29, 1.82) is 0 Å². The van der Waals surface area contributed by atoms with E-state index in [1.54, 1.807) is 0 Å². The monoisotopic (exact) mass is 394 g/mol. The molecule has 4 aliphatic rings. The molecule has 0 aromatic rings. The van der Waals surface area contributed by atoms with Crippen LogP contribution in [-0.4, -0.2) is 66.7 Å². The molecule has 3 N–H and O–H groups in total. The van der Waals surface area contributed by atoms with Gasteiger partial charge in [0, 0.05) is 50.1 Å². The lowest BCUT2D eigenvalue weighted by Gasteiger charge is -2.37. The van der Waals surface area contributed by atoms with Crippen LogP contribution < -0.4 is 16.0 Å². The van der Waals surface area contributed by atoms with Crippen molar-refractivity contribution in [3.63, 3.8) is 0 Å². The molecule has 0 bridgehead atoms. The van der Waals surface area contributed by atoms with Crippen molar-refractivity contribution >= 4 is 11.8 Å². The second kappa shape index (κ2) is 8.66. The second-order valence-corrected chi connectivity index (χ2v) is 9.38. The Bertz CT molecular complexity index is 571. The Hall–Kier alpha value is -1.21. The molecule has 2 aliphatic carbocycles. The lowest BCUT2D eigenvalue weighted by molar-refractivity contribution is -0.124. The van der Waals surface area contributed by atoms with Crippen molar-refractivity contribution in [3.05, 3.63) is 0 Å². The van der Waals surface area contributed by atoms with E-state index in [2.05, 4.69) is 27.8 Å². The smallest absolute Gasteiger partial charge is 0.237 e. The van der Waals surface area contributed by atoms with E-state index >= 15 is 0 Å². The predicted octanol–water partition coefficient (Wildman–Crippen LogP) is 1.35. The molecule has 28 heavy (non-hydrogen) atoms.